The van der Waals surface area contributed by atoms with E-state index in [-0.39, 0.29) is 17.7 Å². The van der Waals surface area contributed by atoms with Crippen LogP contribution < -0.4 is 0 Å². The molecule has 1 aliphatic heterocycles. The van der Waals surface area contributed by atoms with Crippen molar-refractivity contribution in [3.8, 4) is 5.75 Å². The molecule has 1 saturated heterocycles. The van der Waals surface area contributed by atoms with Crippen molar-refractivity contribution in [1.82, 2.24) is 4.90 Å². The average molecular weight is 331 g/mol. The number of aliphatic hydroxyl groups excluding tert-OH is 1. The summed E-state index contributed by atoms with van der Waals surface area (Å²) in [5.74, 6) is 0.248. The fourth-order valence-corrected chi connectivity index (χ4v) is 3.93. The molecular formula is C18H21NO3S. The van der Waals surface area contributed by atoms with Gasteiger partial charge in [-0.25, -0.2) is 0 Å². The number of rotatable bonds is 5. The van der Waals surface area contributed by atoms with Crippen molar-refractivity contribution in [2.45, 2.75) is 37.8 Å². The van der Waals surface area contributed by atoms with E-state index in [0.717, 1.165) is 29.8 Å². The van der Waals surface area contributed by atoms with Gasteiger partial charge in [0.2, 0.25) is 5.91 Å². The number of benzene rings is 1. The summed E-state index contributed by atoms with van der Waals surface area (Å²) in [6.07, 6.45) is 2.29. The molecular weight excluding hydrogens is 310 g/mol. The molecule has 2 atom stereocenters. The number of carbonyl (C=O) groups excluding carboxylic acids is 1. The van der Waals surface area contributed by atoms with Gasteiger partial charge in [0.15, 0.2) is 0 Å². The van der Waals surface area contributed by atoms with Gasteiger partial charge in [0.1, 0.15) is 5.75 Å². The largest absolute Gasteiger partial charge is 0.508 e. The molecule has 1 aromatic carbocycles. The van der Waals surface area contributed by atoms with Crippen LogP contribution in [-0.2, 0) is 11.2 Å². The van der Waals surface area contributed by atoms with Gasteiger partial charge in [-0.1, -0.05) is 18.2 Å². The number of carbonyl (C=O) groups is 1. The number of aliphatic hydroxyl groups is 1. The van der Waals surface area contributed by atoms with Crippen molar-refractivity contribution in [1.29, 1.82) is 0 Å². The molecule has 1 fully saturated rings. The summed E-state index contributed by atoms with van der Waals surface area (Å²) in [6.45, 7) is 0.749. The molecule has 23 heavy (non-hydrogen) atoms. The fraction of sp³-hybridized carbons (Fsp3) is 0.389. The average Bonchev–Trinajstić information content (AvgIpc) is 3.18. The Morgan fingerprint density at radius 2 is 2.22 bits per heavy atom. The van der Waals surface area contributed by atoms with Gasteiger partial charge in [0, 0.05) is 17.5 Å². The Balaban J connectivity index is 1.63. The van der Waals surface area contributed by atoms with Crippen molar-refractivity contribution < 1.29 is 15.0 Å². The van der Waals surface area contributed by atoms with Crippen molar-refractivity contribution in [3.05, 3.63) is 52.2 Å². The molecule has 1 aromatic heterocycles. The summed E-state index contributed by atoms with van der Waals surface area (Å²) in [4.78, 5) is 15.4. The zero-order chi connectivity index (χ0) is 16.2. The van der Waals surface area contributed by atoms with Crippen LogP contribution >= 0.6 is 11.3 Å². The van der Waals surface area contributed by atoms with Crippen LogP contribution in [0.25, 0.3) is 0 Å². The van der Waals surface area contributed by atoms with Gasteiger partial charge < -0.3 is 15.1 Å². The molecule has 2 N–H and O–H groups in total. The third-order valence-corrected chi connectivity index (χ3v) is 5.30. The van der Waals surface area contributed by atoms with Gasteiger partial charge >= 0.3 is 0 Å². The fourth-order valence-electron chi connectivity index (χ4n) is 3.21. The third kappa shape index (κ3) is 3.92. The van der Waals surface area contributed by atoms with E-state index in [1.54, 1.807) is 29.5 Å². The van der Waals surface area contributed by atoms with Crippen molar-refractivity contribution in [2.24, 2.45) is 0 Å². The SMILES string of the molecule is O=C(Cc1cccc(O)c1)N1CCC[C@@H]1C[C@@H](O)c1cccs1. The van der Waals surface area contributed by atoms with Crippen LogP contribution in [-0.4, -0.2) is 33.6 Å². The zero-order valence-corrected chi connectivity index (χ0v) is 13.7. The Bertz CT molecular complexity index is 656. The standard InChI is InChI=1S/C18H21NO3S/c20-15-6-1-4-13(10-15)11-18(22)19-8-2-5-14(19)12-16(21)17-7-3-9-23-17/h1,3-4,6-7,9-10,14,16,20-21H,2,5,8,11-12H2/t14-,16-/m1/s1. The summed E-state index contributed by atoms with van der Waals surface area (Å²) >= 11 is 1.55. The van der Waals surface area contributed by atoms with Crippen LogP contribution in [0.3, 0.4) is 0 Å². The minimum Gasteiger partial charge on any atom is -0.508 e. The first kappa shape index (κ1) is 16.0. The number of hydrogen-bond acceptors (Lipinski definition) is 4. The van der Waals surface area contributed by atoms with E-state index in [2.05, 4.69) is 0 Å². The number of phenolic OH excluding ortho intramolecular Hbond substituents is 1. The second-order valence-corrected chi connectivity index (χ2v) is 6.98. The number of nitrogens with zero attached hydrogens (tertiary/aromatic N) is 1. The highest BCUT2D eigenvalue weighted by atomic mass is 32.1. The lowest BCUT2D eigenvalue weighted by atomic mass is 10.0. The van der Waals surface area contributed by atoms with Gasteiger partial charge in [-0.15, -0.1) is 11.3 Å². The van der Waals surface area contributed by atoms with Gasteiger partial charge in [-0.3, -0.25) is 4.79 Å². The Hall–Kier alpha value is -1.85. The molecule has 4 nitrogen and oxygen atoms in total. The van der Waals surface area contributed by atoms with Crippen LogP contribution in [0.1, 0.15) is 35.8 Å². The van der Waals surface area contributed by atoms with Gasteiger partial charge in [-0.05, 0) is 48.4 Å². The summed E-state index contributed by atoms with van der Waals surface area (Å²) in [6, 6.07) is 10.8. The number of thiophene rings is 1. The van der Waals surface area contributed by atoms with E-state index in [1.807, 2.05) is 28.5 Å². The molecule has 0 saturated carbocycles. The highest BCUT2D eigenvalue weighted by Crippen LogP contribution is 2.30. The van der Waals surface area contributed by atoms with Crippen LogP contribution in [0.2, 0.25) is 0 Å². The predicted octanol–water partition coefficient (Wildman–Crippen LogP) is 3.11. The molecule has 0 aliphatic carbocycles. The molecule has 0 spiro atoms. The number of aromatic hydroxyl groups is 1. The summed E-state index contributed by atoms with van der Waals surface area (Å²) < 4.78 is 0. The summed E-state index contributed by atoms with van der Waals surface area (Å²) in [7, 11) is 0. The molecule has 5 heteroatoms. The molecule has 0 unspecified atom stereocenters. The number of phenols is 1. The normalized spacial score (nSPS) is 19.0. The number of likely N-dealkylation sites (tertiary alicyclic amines) is 1. The minimum absolute atomic E-state index is 0.0662. The second-order valence-electron chi connectivity index (χ2n) is 6.00. The lowest BCUT2D eigenvalue weighted by molar-refractivity contribution is -0.131. The first-order chi connectivity index (χ1) is 11.1. The Kier molecular flexibility index (Phi) is 4.98. The maximum atomic E-state index is 12.6. The minimum atomic E-state index is -0.505. The van der Waals surface area contributed by atoms with E-state index in [1.165, 1.54) is 0 Å². The van der Waals surface area contributed by atoms with Gasteiger partial charge in [0.25, 0.3) is 0 Å². The topological polar surface area (TPSA) is 60.8 Å². The van der Waals surface area contributed by atoms with Crippen LogP contribution in [0.4, 0.5) is 0 Å². The molecule has 1 aliphatic rings. The Morgan fingerprint density at radius 1 is 1.35 bits per heavy atom. The van der Waals surface area contributed by atoms with E-state index < -0.39 is 6.10 Å². The highest BCUT2D eigenvalue weighted by Gasteiger charge is 2.30. The molecule has 2 heterocycles. The second kappa shape index (κ2) is 7.15. The van der Waals surface area contributed by atoms with Crippen LogP contribution in [0, 0.1) is 0 Å². The van der Waals surface area contributed by atoms with Gasteiger partial charge in [0.05, 0.1) is 12.5 Å². The molecule has 0 bridgehead atoms. The molecule has 122 valence electrons. The zero-order valence-electron chi connectivity index (χ0n) is 12.9. The lowest BCUT2D eigenvalue weighted by Gasteiger charge is -2.26. The first-order valence-electron chi connectivity index (χ1n) is 7.92. The molecule has 3 rings (SSSR count). The van der Waals surface area contributed by atoms with E-state index in [4.69, 9.17) is 0 Å². The number of amides is 1. The monoisotopic (exact) mass is 331 g/mol. The lowest BCUT2D eigenvalue weighted by Crippen LogP contribution is -2.37. The predicted molar refractivity (Wildman–Crippen MR) is 90.4 cm³/mol. The van der Waals surface area contributed by atoms with Crippen molar-refractivity contribution >= 4 is 17.2 Å². The highest BCUT2D eigenvalue weighted by molar-refractivity contribution is 7.10. The first-order valence-corrected chi connectivity index (χ1v) is 8.80. The summed E-state index contributed by atoms with van der Waals surface area (Å²) in [5.41, 5.74) is 0.819. The van der Waals surface area contributed by atoms with Crippen molar-refractivity contribution in [2.75, 3.05) is 6.54 Å². The quantitative estimate of drug-likeness (QED) is 0.885. The third-order valence-electron chi connectivity index (χ3n) is 4.33. The van der Waals surface area contributed by atoms with Crippen LogP contribution in [0.15, 0.2) is 41.8 Å². The Labute approximate surface area is 140 Å². The van der Waals surface area contributed by atoms with Crippen LogP contribution in [0.5, 0.6) is 5.75 Å². The maximum absolute atomic E-state index is 12.6. The van der Waals surface area contributed by atoms with E-state index in [0.29, 0.717) is 12.8 Å². The van der Waals surface area contributed by atoms with E-state index >= 15 is 0 Å². The van der Waals surface area contributed by atoms with E-state index in [9.17, 15) is 15.0 Å². The molecule has 1 amide bonds. The molecule has 0 radical (unpaired) electrons. The molecule has 2 aromatic rings. The Morgan fingerprint density at radius 3 is 2.96 bits per heavy atom. The summed E-state index contributed by atoms with van der Waals surface area (Å²) in [5, 5.41) is 21.8. The van der Waals surface area contributed by atoms with Crippen molar-refractivity contribution in [3.63, 3.8) is 0 Å². The smallest absolute Gasteiger partial charge is 0.227 e. The maximum Gasteiger partial charge on any atom is 0.227 e. The van der Waals surface area contributed by atoms with Gasteiger partial charge in [-0.2, -0.15) is 0 Å². The number of hydrogen-bond donors (Lipinski definition) is 2.